The molecule has 6 atom stereocenters. The zero-order valence-electron chi connectivity index (χ0n) is 18.0. The van der Waals surface area contributed by atoms with E-state index in [-0.39, 0.29) is 28.5 Å². The van der Waals surface area contributed by atoms with E-state index >= 15 is 0 Å². The van der Waals surface area contributed by atoms with E-state index in [9.17, 15) is 24.6 Å². The Morgan fingerprint density at radius 2 is 2.10 bits per heavy atom. The molecule has 3 rings (SSSR count). The molecule has 174 valence electrons. The molecule has 3 saturated heterocycles. The Bertz CT molecular complexity index is 722. The van der Waals surface area contributed by atoms with Gasteiger partial charge in [-0.15, -0.1) is 18.3 Å². The molecule has 3 heterocycles. The number of carboxylic acid groups (broad SMARTS) is 1. The number of hydrogen-bond acceptors (Lipinski definition) is 5. The number of aliphatic hydroxyl groups is 1. The fraction of sp³-hybridized carbons (Fsp3) is 0.773. The minimum atomic E-state index is -0.962. The molecule has 0 saturated carbocycles. The number of halogens is 1. The average Bonchev–Trinajstić information content (AvgIpc) is 3.31. The molecule has 2 bridgehead atoms. The van der Waals surface area contributed by atoms with Crippen LogP contribution in [0, 0.1) is 11.8 Å². The molecule has 1 spiro atoms. The fourth-order valence-electron chi connectivity index (χ4n) is 5.50. The van der Waals surface area contributed by atoms with Crippen LogP contribution in [0.1, 0.15) is 45.4 Å². The van der Waals surface area contributed by atoms with Crippen LogP contribution >= 0.6 is 27.7 Å². The highest BCUT2D eigenvalue weighted by Crippen LogP contribution is 2.67. The molecular formula is C22H33BrN2O5S. The number of rotatable bonds is 12. The number of aliphatic hydroxyl groups excluding tert-OH is 1. The van der Waals surface area contributed by atoms with Gasteiger partial charge in [0.2, 0.25) is 11.8 Å². The number of thioether (sulfide) groups is 1. The summed E-state index contributed by atoms with van der Waals surface area (Å²) >= 11 is 5.17. The van der Waals surface area contributed by atoms with Gasteiger partial charge in [-0.2, -0.15) is 0 Å². The molecule has 3 aliphatic heterocycles. The normalized spacial score (nSPS) is 33.6. The summed E-state index contributed by atoms with van der Waals surface area (Å²) in [6.07, 6.45) is 6.36. The molecule has 9 heteroatoms. The molecule has 31 heavy (non-hydrogen) atoms. The first-order chi connectivity index (χ1) is 14.8. The quantitative estimate of drug-likeness (QED) is 0.235. The first-order valence-electron chi connectivity index (χ1n) is 11.2. The third kappa shape index (κ3) is 4.29. The van der Waals surface area contributed by atoms with Gasteiger partial charge in [0.1, 0.15) is 6.04 Å². The summed E-state index contributed by atoms with van der Waals surface area (Å²) in [6, 6.07) is -0.676. The first-order valence-corrected chi connectivity index (χ1v) is 13.0. The minimum absolute atomic E-state index is 0.0207. The second kappa shape index (κ2) is 10.3. The summed E-state index contributed by atoms with van der Waals surface area (Å²) in [5, 5.41) is 18.9. The van der Waals surface area contributed by atoms with Gasteiger partial charge in [0.25, 0.3) is 0 Å². The maximum Gasteiger partial charge on any atom is 0.308 e. The molecule has 7 nitrogen and oxygen atoms in total. The Labute approximate surface area is 196 Å². The van der Waals surface area contributed by atoms with Gasteiger partial charge < -0.3 is 20.0 Å². The Hall–Kier alpha value is -1.06. The van der Waals surface area contributed by atoms with Gasteiger partial charge in [0.15, 0.2) is 0 Å². The number of unbranched alkanes of at least 4 members (excludes halogenated alkanes) is 3. The SMILES string of the molecule is C=CCN(CCCCC)C(=O)C1N(CCCCO)C(=O)[C@@H]2[C@@H](C(=O)O)[C@@H]3SC12CC3Br. The van der Waals surface area contributed by atoms with Crippen LogP contribution in [0.4, 0.5) is 0 Å². The third-order valence-corrected chi connectivity index (χ3v) is 10.0. The smallest absolute Gasteiger partial charge is 0.308 e. The van der Waals surface area contributed by atoms with Crippen LogP contribution in [-0.4, -0.2) is 84.9 Å². The van der Waals surface area contributed by atoms with Crippen LogP contribution in [0.3, 0.4) is 0 Å². The van der Waals surface area contributed by atoms with Crippen molar-refractivity contribution in [2.45, 2.75) is 66.3 Å². The largest absolute Gasteiger partial charge is 0.481 e. The van der Waals surface area contributed by atoms with Crippen LogP contribution in [0.5, 0.6) is 0 Å². The van der Waals surface area contributed by atoms with Crippen molar-refractivity contribution in [3.05, 3.63) is 12.7 Å². The number of aliphatic carboxylic acids is 1. The van der Waals surface area contributed by atoms with Crippen LogP contribution in [0.25, 0.3) is 0 Å². The van der Waals surface area contributed by atoms with Gasteiger partial charge in [0.05, 0.1) is 16.6 Å². The third-order valence-electron chi connectivity index (χ3n) is 6.81. The average molecular weight is 517 g/mol. The number of carboxylic acids is 1. The van der Waals surface area contributed by atoms with Crippen molar-refractivity contribution < 1.29 is 24.6 Å². The van der Waals surface area contributed by atoms with Gasteiger partial charge >= 0.3 is 5.97 Å². The summed E-state index contributed by atoms with van der Waals surface area (Å²) in [5.74, 6) is -2.75. The van der Waals surface area contributed by atoms with Gasteiger partial charge in [0, 0.05) is 36.3 Å². The Morgan fingerprint density at radius 1 is 1.35 bits per heavy atom. The zero-order chi connectivity index (χ0) is 22.8. The van der Waals surface area contributed by atoms with E-state index in [0.29, 0.717) is 38.9 Å². The Balaban J connectivity index is 1.97. The Kier molecular flexibility index (Phi) is 8.13. The maximum absolute atomic E-state index is 13.9. The molecule has 2 amide bonds. The second-order valence-electron chi connectivity index (χ2n) is 8.74. The van der Waals surface area contributed by atoms with Crippen molar-refractivity contribution in [2.75, 3.05) is 26.2 Å². The van der Waals surface area contributed by atoms with Crippen LogP contribution in [0.15, 0.2) is 12.7 Å². The lowest BCUT2D eigenvalue weighted by atomic mass is 9.71. The van der Waals surface area contributed by atoms with E-state index in [0.717, 1.165) is 19.3 Å². The number of carbonyl (C=O) groups is 3. The fourth-order valence-corrected chi connectivity index (χ4v) is 9.10. The highest BCUT2D eigenvalue weighted by molar-refractivity contribution is 9.09. The molecular weight excluding hydrogens is 484 g/mol. The lowest BCUT2D eigenvalue weighted by molar-refractivity contribution is -0.148. The number of amides is 2. The molecule has 0 aliphatic carbocycles. The highest BCUT2D eigenvalue weighted by Gasteiger charge is 2.75. The predicted octanol–water partition coefficient (Wildman–Crippen LogP) is 2.51. The molecule has 3 fully saturated rings. The molecule has 0 aromatic rings. The van der Waals surface area contributed by atoms with Crippen molar-refractivity contribution in [2.24, 2.45) is 11.8 Å². The van der Waals surface area contributed by atoms with Crippen molar-refractivity contribution in [1.29, 1.82) is 0 Å². The van der Waals surface area contributed by atoms with E-state index in [2.05, 4.69) is 29.4 Å². The number of hydrogen-bond donors (Lipinski definition) is 2. The zero-order valence-corrected chi connectivity index (χ0v) is 20.4. The first kappa shape index (κ1) is 24.6. The van der Waals surface area contributed by atoms with E-state index in [1.54, 1.807) is 15.9 Å². The second-order valence-corrected chi connectivity index (χ2v) is 11.5. The molecule has 3 unspecified atom stereocenters. The number of nitrogens with zero attached hydrogens (tertiary/aromatic N) is 2. The molecule has 0 radical (unpaired) electrons. The topological polar surface area (TPSA) is 98.2 Å². The standard InChI is InChI=1S/C22H33BrN2O5S/c1-3-5-6-10-24(9-4-2)20(28)18-22-13-14(23)17(31-22)15(21(29)30)16(22)19(27)25(18)11-7-8-12-26/h4,14-18,26H,2-3,5-13H2,1H3,(H,29,30)/t14?,15-,16+,17-,18?,22?/m1/s1. The van der Waals surface area contributed by atoms with Gasteiger partial charge in [-0.05, 0) is 25.7 Å². The molecule has 3 aliphatic rings. The summed E-state index contributed by atoms with van der Waals surface area (Å²) in [4.78, 5) is 42.9. The predicted molar refractivity (Wildman–Crippen MR) is 124 cm³/mol. The van der Waals surface area contributed by atoms with E-state index in [1.165, 1.54) is 11.8 Å². The van der Waals surface area contributed by atoms with Crippen LogP contribution in [-0.2, 0) is 14.4 Å². The van der Waals surface area contributed by atoms with Crippen molar-refractivity contribution >= 4 is 45.5 Å². The minimum Gasteiger partial charge on any atom is -0.481 e. The van der Waals surface area contributed by atoms with Crippen molar-refractivity contribution in [1.82, 2.24) is 9.80 Å². The monoisotopic (exact) mass is 516 g/mol. The van der Waals surface area contributed by atoms with Gasteiger partial charge in [-0.1, -0.05) is 41.8 Å². The summed E-state index contributed by atoms with van der Waals surface area (Å²) < 4.78 is -0.723. The maximum atomic E-state index is 13.9. The number of alkyl halides is 1. The Morgan fingerprint density at radius 3 is 2.71 bits per heavy atom. The lowest BCUT2D eigenvalue weighted by Gasteiger charge is -2.37. The van der Waals surface area contributed by atoms with Gasteiger partial charge in [-0.3, -0.25) is 14.4 Å². The van der Waals surface area contributed by atoms with Gasteiger partial charge in [-0.25, -0.2) is 0 Å². The molecule has 0 aromatic heterocycles. The van der Waals surface area contributed by atoms with Crippen molar-refractivity contribution in [3.63, 3.8) is 0 Å². The van der Waals surface area contributed by atoms with Crippen LogP contribution in [0.2, 0.25) is 0 Å². The molecule has 2 N–H and O–H groups in total. The van der Waals surface area contributed by atoms with E-state index in [4.69, 9.17) is 0 Å². The van der Waals surface area contributed by atoms with E-state index < -0.39 is 28.6 Å². The van der Waals surface area contributed by atoms with Crippen LogP contribution < -0.4 is 0 Å². The summed E-state index contributed by atoms with van der Waals surface area (Å²) in [6.45, 7) is 7.29. The highest BCUT2D eigenvalue weighted by atomic mass is 79.9. The molecule has 0 aromatic carbocycles. The summed E-state index contributed by atoms with van der Waals surface area (Å²) in [5.41, 5.74) is 0. The number of likely N-dealkylation sites (tertiary alicyclic amines) is 1. The lowest BCUT2D eigenvalue weighted by Crippen LogP contribution is -2.55. The number of carbonyl (C=O) groups excluding carboxylic acids is 2. The van der Waals surface area contributed by atoms with Crippen molar-refractivity contribution in [3.8, 4) is 0 Å². The van der Waals surface area contributed by atoms with E-state index in [1.807, 2.05) is 0 Å². The number of fused-ring (bicyclic) bond motifs is 1. The summed E-state index contributed by atoms with van der Waals surface area (Å²) in [7, 11) is 0.